The SMILES string of the molecule is Cc1ccc(C2(c3ccc(C=O)cc3)c3cc(C)ccc3-c3cc4c(cc32)c2ccc(C)cc2n4-c2ccccc2)cc1. The van der Waals surface area contributed by atoms with Crippen molar-refractivity contribution in [2.24, 2.45) is 0 Å². The molecule has 1 aliphatic carbocycles. The predicted octanol–water partition coefficient (Wildman–Crippen LogP) is 9.88. The van der Waals surface area contributed by atoms with Gasteiger partial charge >= 0.3 is 0 Å². The zero-order valence-electron chi connectivity index (χ0n) is 24.6. The third-order valence-electron chi connectivity index (χ3n) is 9.31. The average molecular weight is 554 g/mol. The van der Waals surface area contributed by atoms with Crippen LogP contribution in [0.25, 0.3) is 38.6 Å². The van der Waals surface area contributed by atoms with Crippen molar-refractivity contribution in [3.8, 4) is 16.8 Å². The van der Waals surface area contributed by atoms with Crippen molar-refractivity contribution in [3.63, 3.8) is 0 Å². The minimum atomic E-state index is -0.536. The molecule has 0 amide bonds. The van der Waals surface area contributed by atoms with Crippen molar-refractivity contribution in [2.45, 2.75) is 26.2 Å². The molecule has 8 rings (SSSR count). The molecule has 0 bridgehead atoms. The van der Waals surface area contributed by atoms with Crippen LogP contribution in [0.4, 0.5) is 0 Å². The van der Waals surface area contributed by atoms with Gasteiger partial charge in [-0.25, -0.2) is 0 Å². The molecular weight excluding hydrogens is 522 g/mol. The monoisotopic (exact) mass is 553 g/mol. The predicted molar refractivity (Wildman–Crippen MR) is 178 cm³/mol. The number of carbonyl (C=O) groups excluding carboxylic acids is 1. The first-order valence-corrected chi connectivity index (χ1v) is 14.9. The number of hydrogen-bond donors (Lipinski definition) is 0. The Morgan fingerprint density at radius 1 is 0.535 bits per heavy atom. The number of nitrogens with zero attached hydrogens (tertiary/aromatic N) is 1. The molecule has 206 valence electrons. The standard InChI is InChI=1S/C41H31NO/c1-26-9-15-30(16-10-26)41(31-17-13-29(25-43)14-18-31)37-21-27(2)11-19-33(37)35-24-40-36(23-38(35)41)34-20-12-28(3)22-39(34)42(40)32-7-5-4-6-8-32/h4-25H,1-3H3. The maximum absolute atomic E-state index is 11.7. The first kappa shape index (κ1) is 25.5. The lowest BCUT2D eigenvalue weighted by Crippen LogP contribution is -2.28. The molecule has 0 fully saturated rings. The highest BCUT2D eigenvalue weighted by molar-refractivity contribution is 6.12. The number of hydrogen-bond acceptors (Lipinski definition) is 1. The van der Waals surface area contributed by atoms with E-state index in [-0.39, 0.29) is 0 Å². The quantitative estimate of drug-likeness (QED) is 0.199. The summed E-state index contributed by atoms with van der Waals surface area (Å²) in [6.45, 7) is 6.48. The summed E-state index contributed by atoms with van der Waals surface area (Å²) in [4.78, 5) is 11.7. The molecule has 0 radical (unpaired) electrons. The maximum atomic E-state index is 11.7. The molecule has 0 aliphatic heterocycles. The maximum Gasteiger partial charge on any atom is 0.150 e. The van der Waals surface area contributed by atoms with Crippen molar-refractivity contribution in [3.05, 3.63) is 172 Å². The molecule has 1 heterocycles. The normalized spacial score (nSPS) is 15.5. The Labute approximate surface area is 251 Å². The van der Waals surface area contributed by atoms with Gasteiger partial charge in [0, 0.05) is 22.0 Å². The third kappa shape index (κ3) is 3.63. The Morgan fingerprint density at radius 3 is 1.86 bits per heavy atom. The fraction of sp³-hybridized carbons (Fsp3) is 0.0976. The number of aryl methyl sites for hydroxylation is 3. The zero-order valence-corrected chi connectivity index (χ0v) is 24.6. The highest BCUT2D eigenvalue weighted by Crippen LogP contribution is 2.57. The highest BCUT2D eigenvalue weighted by Gasteiger charge is 2.46. The topological polar surface area (TPSA) is 22.0 Å². The van der Waals surface area contributed by atoms with Gasteiger partial charge in [0.2, 0.25) is 0 Å². The molecule has 6 aromatic carbocycles. The number of fused-ring (bicyclic) bond motifs is 6. The Bertz CT molecular complexity index is 2200. The van der Waals surface area contributed by atoms with Crippen molar-refractivity contribution >= 4 is 28.1 Å². The van der Waals surface area contributed by atoms with Gasteiger partial charge in [-0.1, -0.05) is 108 Å². The number of para-hydroxylation sites is 1. The summed E-state index contributed by atoms with van der Waals surface area (Å²) < 4.78 is 2.41. The van der Waals surface area contributed by atoms with E-state index >= 15 is 0 Å². The average Bonchev–Trinajstić information content (AvgIpc) is 3.49. The number of benzene rings is 6. The number of aldehydes is 1. The van der Waals surface area contributed by atoms with E-state index in [1.807, 2.05) is 12.1 Å². The summed E-state index contributed by atoms with van der Waals surface area (Å²) in [6, 6.07) is 46.4. The second kappa shape index (κ2) is 9.40. The van der Waals surface area contributed by atoms with Gasteiger partial charge in [-0.05, 0) is 90.0 Å². The van der Waals surface area contributed by atoms with Gasteiger partial charge in [-0.2, -0.15) is 0 Å². The second-order valence-corrected chi connectivity index (χ2v) is 12.0. The van der Waals surface area contributed by atoms with Crippen molar-refractivity contribution in [1.29, 1.82) is 0 Å². The number of rotatable bonds is 4. The first-order valence-electron chi connectivity index (χ1n) is 14.9. The summed E-state index contributed by atoms with van der Waals surface area (Å²) in [5.41, 5.74) is 14.9. The van der Waals surface area contributed by atoms with Crippen LogP contribution in [0.2, 0.25) is 0 Å². The van der Waals surface area contributed by atoms with Crippen LogP contribution in [0.3, 0.4) is 0 Å². The number of carbonyl (C=O) groups is 1. The van der Waals surface area contributed by atoms with Gasteiger partial charge in [-0.15, -0.1) is 0 Å². The molecule has 2 nitrogen and oxygen atoms in total. The van der Waals surface area contributed by atoms with Crippen LogP contribution in [0, 0.1) is 20.8 Å². The molecule has 0 saturated carbocycles. The summed E-state index contributed by atoms with van der Waals surface area (Å²) in [7, 11) is 0. The van der Waals surface area contributed by atoms with Gasteiger partial charge < -0.3 is 4.57 Å². The molecule has 7 aromatic rings. The van der Waals surface area contributed by atoms with E-state index in [9.17, 15) is 4.79 Å². The summed E-state index contributed by atoms with van der Waals surface area (Å²) in [5.74, 6) is 0. The van der Waals surface area contributed by atoms with Crippen molar-refractivity contribution in [2.75, 3.05) is 0 Å². The molecule has 1 aliphatic rings. The molecule has 0 N–H and O–H groups in total. The summed E-state index contributed by atoms with van der Waals surface area (Å²) in [5, 5.41) is 2.48. The van der Waals surface area contributed by atoms with Crippen LogP contribution in [-0.2, 0) is 5.41 Å². The van der Waals surface area contributed by atoms with E-state index in [0.29, 0.717) is 5.56 Å². The highest BCUT2D eigenvalue weighted by atomic mass is 16.1. The van der Waals surface area contributed by atoms with Crippen molar-refractivity contribution < 1.29 is 4.79 Å². The Hall–Kier alpha value is -5.21. The lowest BCUT2D eigenvalue weighted by Gasteiger charge is -2.34. The summed E-state index contributed by atoms with van der Waals surface area (Å²) >= 11 is 0. The Morgan fingerprint density at radius 2 is 1.14 bits per heavy atom. The van der Waals surface area contributed by atoms with Crippen LogP contribution in [-0.4, -0.2) is 10.9 Å². The van der Waals surface area contributed by atoms with E-state index in [1.165, 1.54) is 66.3 Å². The molecule has 1 aromatic heterocycles. The van der Waals surface area contributed by atoms with Gasteiger partial charge in [0.05, 0.1) is 16.4 Å². The largest absolute Gasteiger partial charge is 0.309 e. The first-order chi connectivity index (χ1) is 21.0. The van der Waals surface area contributed by atoms with Gasteiger partial charge in [-0.3, -0.25) is 4.79 Å². The molecule has 1 atom stereocenters. The van der Waals surface area contributed by atoms with E-state index in [4.69, 9.17) is 0 Å². The lowest BCUT2D eigenvalue weighted by atomic mass is 9.67. The van der Waals surface area contributed by atoms with Crippen molar-refractivity contribution in [1.82, 2.24) is 4.57 Å². The fourth-order valence-corrected chi connectivity index (χ4v) is 7.31. The molecule has 0 saturated heterocycles. The van der Waals surface area contributed by atoms with E-state index in [0.717, 1.165) is 17.5 Å². The molecule has 0 spiro atoms. The van der Waals surface area contributed by atoms with Crippen LogP contribution in [0.15, 0.2) is 127 Å². The Balaban J connectivity index is 1.56. The van der Waals surface area contributed by atoms with E-state index < -0.39 is 5.41 Å². The van der Waals surface area contributed by atoms with Gasteiger partial charge in [0.15, 0.2) is 0 Å². The Kier molecular flexibility index (Phi) is 5.58. The number of aromatic nitrogens is 1. The molecular formula is C41H31NO. The van der Waals surface area contributed by atoms with Crippen LogP contribution in [0.5, 0.6) is 0 Å². The third-order valence-corrected chi connectivity index (χ3v) is 9.31. The van der Waals surface area contributed by atoms with Gasteiger partial charge in [0.1, 0.15) is 6.29 Å². The minimum absolute atomic E-state index is 0.536. The minimum Gasteiger partial charge on any atom is -0.309 e. The smallest absolute Gasteiger partial charge is 0.150 e. The van der Waals surface area contributed by atoms with Crippen LogP contribution < -0.4 is 0 Å². The second-order valence-electron chi connectivity index (χ2n) is 12.0. The van der Waals surface area contributed by atoms with Crippen LogP contribution >= 0.6 is 0 Å². The van der Waals surface area contributed by atoms with E-state index in [1.54, 1.807) is 0 Å². The fourth-order valence-electron chi connectivity index (χ4n) is 7.31. The molecule has 1 unspecified atom stereocenters. The molecule has 2 heteroatoms. The molecule has 43 heavy (non-hydrogen) atoms. The van der Waals surface area contributed by atoms with E-state index in [2.05, 4.69) is 141 Å². The van der Waals surface area contributed by atoms with Crippen LogP contribution in [0.1, 0.15) is 49.3 Å². The van der Waals surface area contributed by atoms with Gasteiger partial charge in [0.25, 0.3) is 0 Å². The lowest BCUT2D eigenvalue weighted by molar-refractivity contribution is 0.112. The zero-order chi connectivity index (χ0) is 29.3. The summed E-state index contributed by atoms with van der Waals surface area (Å²) in [6.07, 6.45) is 0.924.